The largest absolute Gasteiger partial charge is 0.324 e. The summed E-state index contributed by atoms with van der Waals surface area (Å²) >= 11 is 4.82. The van der Waals surface area contributed by atoms with E-state index in [4.69, 9.17) is 0 Å². The number of nitrogens with zero attached hydrogens (tertiary/aromatic N) is 3. The van der Waals surface area contributed by atoms with Crippen LogP contribution in [0.4, 0.5) is 0 Å². The molecule has 0 bridgehead atoms. The number of hydrogen-bond acceptors (Lipinski definition) is 5. The van der Waals surface area contributed by atoms with Gasteiger partial charge < -0.3 is 4.90 Å². The van der Waals surface area contributed by atoms with E-state index in [1.807, 2.05) is 23.9 Å². The number of ketones is 1. The number of allylic oxidation sites excluding steroid dienone is 1. The van der Waals surface area contributed by atoms with Crippen LogP contribution in [0.1, 0.15) is 6.92 Å². The van der Waals surface area contributed by atoms with E-state index in [0.29, 0.717) is 11.2 Å². The molecule has 0 N–H and O–H groups in total. The highest BCUT2D eigenvalue weighted by Gasteiger charge is 2.38. The minimum Gasteiger partial charge on any atom is -0.324 e. The number of alkyl halides is 1. The van der Waals surface area contributed by atoms with Crippen molar-refractivity contribution in [1.29, 1.82) is 0 Å². The predicted octanol–water partition coefficient (Wildman–Crippen LogP) is 1.98. The summed E-state index contributed by atoms with van der Waals surface area (Å²) in [6, 6.07) is 0. The lowest BCUT2D eigenvalue weighted by Gasteiger charge is -2.21. The van der Waals surface area contributed by atoms with E-state index >= 15 is 0 Å². The van der Waals surface area contributed by atoms with Crippen molar-refractivity contribution >= 4 is 56.3 Å². The zero-order chi connectivity index (χ0) is 10.3. The molecule has 15 heavy (non-hydrogen) atoms. The topological polar surface area (TPSA) is 35.9 Å². The molecule has 0 spiro atoms. The molecule has 0 saturated heterocycles. The first-order valence-corrected chi connectivity index (χ1v) is 6.23. The lowest BCUT2D eigenvalue weighted by atomic mass is 10.4. The third-order valence-electron chi connectivity index (χ3n) is 2.17. The Hall–Kier alpha value is -0.0100. The van der Waals surface area contributed by atoms with E-state index in [0.717, 1.165) is 5.70 Å². The Morgan fingerprint density at radius 2 is 2.40 bits per heavy atom. The number of fused-ring (bicyclic) bond motifs is 1. The van der Waals surface area contributed by atoms with Crippen LogP contribution in [0.15, 0.2) is 16.2 Å². The molecular weight excluding hydrogens is 346 g/mol. The molecule has 4 nitrogen and oxygen atoms in total. The van der Waals surface area contributed by atoms with Gasteiger partial charge in [0.15, 0.2) is 11.3 Å². The quantitative estimate of drug-likeness (QED) is 0.709. The lowest BCUT2D eigenvalue weighted by molar-refractivity contribution is -0.111. The van der Waals surface area contributed by atoms with Crippen LogP contribution in [0, 0.1) is 0 Å². The van der Waals surface area contributed by atoms with Gasteiger partial charge in [-0.05, 0) is 12.3 Å². The van der Waals surface area contributed by atoms with Crippen molar-refractivity contribution in [2.45, 2.75) is 12.4 Å². The first-order chi connectivity index (χ1) is 6.65. The smallest absolute Gasteiger partial charge is 0.210 e. The van der Waals surface area contributed by atoms with Gasteiger partial charge in [-0.1, -0.05) is 27.7 Å². The molecule has 2 aliphatic heterocycles. The minimum atomic E-state index is 0. The van der Waals surface area contributed by atoms with Gasteiger partial charge in [-0.2, -0.15) is 0 Å². The van der Waals surface area contributed by atoms with Crippen LogP contribution >= 0.6 is 44.7 Å². The number of Topliss-reactive ketones (excluding diaryl/α,β-unsaturated/α-hetero) is 1. The maximum absolute atomic E-state index is 11.5. The van der Waals surface area contributed by atoms with E-state index in [1.54, 1.807) is 11.8 Å². The van der Waals surface area contributed by atoms with Crippen LogP contribution in [-0.2, 0) is 4.79 Å². The maximum Gasteiger partial charge on any atom is 0.210 e. The van der Waals surface area contributed by atoms with Crippen molar-refractivity contribution in [2.75, 3.05) is 12.4 Å². The fraction of sp³-hybridized carbons (Fsp3) is 0.500. The van der Waals surface area contributed by atoms with Gasteiger partial charge in [-0.25, -0.2) is 5.01 Å². The molecule has 84 valence electrons. The summed E-state index contributed by atoms with van der Waals surface area (Å²) < 4.78 is 0. The van der Waals surface area contributed by atoms with Crippen molar-refractivity contribution in [1.82, 2.24) is 9.91 Å². The SMILES string of the molecule is Br.CC1=CSC2N(C)C(C(=O)CBr)=NN12. The molecule has 1 atom stereocenters. The third kappa shape index (κ3) is 2.09. The van der Waals surface area contributed by atoms with Crippen LogP contribution in [0.2, 0.25) is 0 Å². The Morgan fingerprint density at radius 3 is 2.93 bits per heavy atom. The molecule has 7 heteroatoms. The van der Waals surface area contributed by atoms with Crippen LogP contribution in [0.5, 0.6) is 0 Å². The Kier molecular flexibility index (Phi) is 4.25. The van der Waals surface area contributed by atoms with E-state index in [1.165, 1.54) is 0 Å². The molecule has 0 aromatic rings. The van der Waals surface area contributed by atoms with Crippen LogP contribution in [-0.4, -0.2) is 39.4 Å². The number of carbonyl (C=O) groups excluding carboxylic acids is 1. The second-order valence-electron chi connectivity index (χ2n) is 3.16. The Balaban J connectivity index is 0.00000112. The molecule has 2 rings (SSSR count). The Labute approximate surface area is 112 Å². The molecule has 0 fully saturated rings. The summed E-state index contributed by atoms with van der Waals surface area (Å²) in [5.74, 6) is 0.558. The zero-order valence-corrected chi connectivity index (χ0v) is 12.4. The number of halogens is 2. The van der Waals surface area contributed by atoms with Gasteiger partial charge in [0.1, 0.15) is 0 Å². The summed E-state index contributed by atoms with van der Waals surface area (Å²) in [4.78, 5) is 13.4. The minimum absolute atomic E-state index is 0. The predicted molar refractivity (Wildman–Crippen MR) is 71.3 cm³/mol. The molecule has 2 aliphatic rings. The van der Waals surface area contributed by atoms with Crippen molar-refractivity contribution in [3.8, 4) is 0 Å². The molecule has 0 aliphatic carbocycles. The van der Waals surface area contributed by atoms with Gasteiger partial charge in [0.05, 0.1) is 5.33 Å². The molecule has 1 unspecified atom stereocenters. The number of amidine groups is 1. The van der Waals surface area contributed by atoms with Crippen molar-refractivity contribution < 1.29 is 4.79 Å². The standard InChI is InChI=1S/C8H10BrN3OS.BrH/c1-5-4-14-8-11(2)7(6(13)3-9)10-12(5)8;/h4,8H,3H2,1-2H3;1H. The molecule has 0 radical (unpaired) electrons. The summed E-state index contributed by atoms with van der Waals surface area (Å²) in [6.07, 6.45) is 0. The molecule has 0 amide bonds. The average molecular weight is 357 g/mol. The fourth-order valence-electron chi connectivity index (χ4n) is 1.42. The Morgan fingerprint density at radius 1 is 1.73 bits per heavy atom. The van der Waals surface area contributed by atoms with Gasteiger partial charge in [-0.3, -0.25) is 4.79 Å². The second kappa shape index (κ2) is 4.88. The number of likely N-dealkylation sites (N-methyl/N-ethyl adjacent to an activating group) is 1. The highest BCUT2D eigenvalue weighted by molar-refractivity contribution is 9.09. The van der Waals surface area contributed by atoms with E-state index in [2.05, 4.69) is 26.4 Å². The third-order valence-corrected chi connectivity index (χ3v) is 3.92. The van der Waals surface area contributed by atoms with Gasteiger partial charge in [-0.15, -0.1) is 22.1 Å². The van der Waals surface area contributed by atoms with Gasteiger partial charge in [0.2, 0.25) is 5.78 Å². The van der Waals surface area contributed by atoms with Crippen molar-refractivity contribution in [3.63, 3.8) is 0 Å². The second-order valence-corrected chi connectivity index (χ2v) is 4.65. The van der Waals surface area contributed by atoms with Gasteiger partial charge in [0.25, 0.3) is 0 Å². The summed E-state index contributed by atoms with van der Waals surface area (Å²) in [5.41, 5.74) is 1.22. The maximum atomic E-state index is 11.5. The normalized spacial score (nSPS) is 23.3. The Bertz CT molecular complexity index is 345. The molecular formula is C8H11Br2N3OS. The van der Waals surface area contributed by atoms with E-state index in [-0.39, 0.29) is 28.3 Å². The summed E-state index contributed by atoms with van der Waals surface area (Å²) in [5, 5.41) is 8.54. The zero-order valence-electron chi connectivity index (χ0n) is 8.31. The molecule has 0 aromatic heterocycles. The average Bonchev–Trinajstić information content (AvgIpc) is 2.69. The highest BCUT2D eigenvalue weighted by Crippen LogP contribution is 2.36. The molecule has 0 aromatic carbocycles. The monoisotopic (exact) mass is 355 g/mol. The number of thioether (sulfide) groups is 1. The highest BCUT2D eigenvalue weighted by atomic mass is 79.9. The van der Waals surface area contributed by atoms with Gasteiger partial charge in [0, 0.05) is 12.7 Å². The number of carbonyl (C=O) groups is 1. The van der Waals surface area contributed by atoms with Crippen LogP contribution in [0.25, 0.3) is 0 Å². The summed E-state index contributed by atoms with van der Waals surface area (Å²) in [6.45, 7) is 1.99. The fourth-order valence-corrected chi connectivity index (χ4v) is 2.71. The van der Waals surface area contributed by atoms with Crippen LogP contribution < -0.4 is 0 Å². The van der Waals surface area contributed by atoms with E-state index in [9.17, 15) is 4.79 Å². The number of hydrogen-bond donors (Lipinski definition) is 0. The first kappa shape index (κ1) is 13.1. The molecule has 0 saturated carbocycles. The number of rotatable bonds is 2. The summed E-state index contributed by atoms with van der Waals surface area (Å²) in [7, 11) is 1.89. The van der Waals surface area contributed by atoms with Gasteiger partial charge >= 0.3 is 0 Å². The lowest BCUT2D eigenvalue weighted by Crippen LogP contribution is -2.37. The van der Waals surface area contributed by atoms with Crippen LogP contribution in [0.3, 0.4) is 0 Å². The molecule has 2 heterocycles. The van der Waals surface area contributed by atoms with Crippen molar-refractivity contribution in [2.24, 2.45) is 5.10 Å². The van der Waals surface area contributed by atoms with Crippen molar-refractivity contribution in [3.05, 3.63) is 11.1 Å². The van der Waals surface area contributed by atoms with E-state index < -0.39 is 0 Å². The number of hydrazone groups is 1. The first-order valence-electron chi connectivity index (χ1n) is 4.17.